The van der Waals surface area contributed by atoms with Gasteiger partial charge in [0.15, 0.2) is 5.69 Å². The lowest BCUT2D eigenvalue weighted by molar-refractivity contribution is 0.0521. The van der Waals surface area contributed by atoms with Gasteiger partial charge >= 0.3 is 12.0 Å². The summed E-state index contributed by atoms with van der Waals surface area (Å²) >= 11 is 0. The lowest BCUT2D eigenvalue weighted by Crippen LogP contribution is -2.25. The van der Waals surface area contributed by atoms with Gasteiger partial charge in [0.25, 0.3) is 0 Å². The maximum Gasteiger partial charge on any atom is 0.356 e. The summed E-state index contributed by atoms with van der Waals surface area (Å²) in [4.78, 5) is 28.2. The van der Waals surface area contributed by atoms with E-state index in [1.54, 1.807) is 6.92 Å². The molecule has 1 aliphatic heterocycles. The standard InChI is InChI=1S/C14H12N3O3/c1-2-20-13(18)11-12(17-8-7-15-14(17)19)9-5-3-4-6-10(9)16-11/h3-8,16H,2H2,1H3. The van der Waals surface area contributed by atoms with Crippen molar-refractivity contribution < 1.29 is 14.3 Å². The van der Waals surface area contributed by atoms with Crippen LogP contribution in [-0.2, 0) is 4.74 Å². The number of para-hydroxylation sites is 1. The number of anilines is 1. The fourth-order valence-corrected chi connectivity index (χ4v) is 2.19. The number of urea groups is 1. The van der Waals surface area contributed by atoms with E-state index in [0.717, 1.165) is 10.9 Å². The van der Waals surface area contributed by atoms with Crippen molar-refractivity contribution in [3.05, 3.63) is 42.4 Å². The minimum atomic E-state index is -0.494. The number of amides is 2. The average molecular weight is 270 g/mol. The molecule has 2 aromatic rings. The molecular weight excluding hydrogens is 258 g/mol. The average Bonchev–Trinajstić information content (AvgIpc) is 3.02. The molecule has 20 heavy (non-hydrogen) atoms. The largest absolute Gasteiger partial charge is 0.461 e. The molecule has 2 amide bonds. The van der Waals surface area contributed by atoms with E-state index in [9.17, 15) is 9.59 Å². The maximum atomic E-state index is 12.1. The van der Waals surface area contributed by atoms with E-state index in [-0.39, 0.29) is 12.3 Å². The number of ether oxygens (including phenoxy) is 1. The molecule has 1 aromatic heterocycles. The molecule has 0 unspecified atom stereocenters. The van der Waals surface area contributed by atoms with Crippen molar-refractivity contribution in [2.45, 2.75) is 6.92 Å². The van der Waals surface area contributed by atoms with Crippen LogP contribution in [0.5, 0.6) is 0 Å². The Morgan fingerprint density at radius 2 is 2.20 bits per heavy atom. The van der Waals surface area contributed by atoms with Crippen LogP contribution in [0.3, 0.4) is 0 Å². The predicted molar refractivity (Wildman–Crippen MR) is 73.4 cm³/mol. The predicted octanol–water partition coefficient (Wildman–Crippen LogP) is 2.36. The molecule has 1 radical (unpaired) electrons. The maximum absolute atomic E-state index is 12.1. The second kappa shape index (κ2) is 4.73. The van der Waals surface area contributed by atoms with Gasteiger partial charge in [-0.25, -0.2) is 9.59 Å². The molecule has 0 aliphatic carbocycles. The van der Waals surface area contributed by atoms with Crippen molar-refractivity contribution in [1.82, 2.24) is 10.3 Å². The summed E-state index contributed by atoms with van der Waals surface area (Å²) in [6, 6.07) is 6.94. The minimum Gasteiger partial charge on any atom is -0.461 e. The van der Waals surface area contributed by atoms with Crippen LogP contribution in [0.25, 0.3) is 10.9 Å². The smallest absolute Gasteiger partial charge is 0.356 e. The molecular formula is C14H12N3O3. The number of nitrogens with one attached hydrogen (secondary N) is 1. The van der Waals surface area contributed by atoms with E-state index >= 15 is 0 Å². The Balaban J connectivity index is 2.20. The first-order chi connectivity index (χ1) is 9.72. The van der Waals surface area contributed by atoms with Crippen molar-refractivity contribution in [2.24, 2.45) is 0 Å². The third-order valence-corrected chi connectivity index (χ3v) is 3.01. The molecule has 0 atom stereocenters. The molecule has 2 heterocycles. The van der Waals surface area contributed by atoms with Crippen LogP contribution in [-0.4, -0.2) is 23.6 Å². The quantitative estimate of drug-likeness (QED) is 0.870. The molecule has 0 saturated carbocycles. The molecule has 0 fully saturated rings. The van der Waals surface area contributed by atoms with Crippen LogP contribution in [0, 0.1) is 0 Å². The summed E-state index contributed by atoms with van der Waals surface area (Å²) in [5.74, 6) is -0.494. The Kier molecular flexibility index (Phi) is 2.90. The van der Waals surface area contributed by atoms with E-state index in [2.05, 4.69) is 10.3 Å². The number of nitrogens with zero attached hydrogens (tertiary/aromatic N) is 2. The van der Waals surface area contributed by atoms with Crippen LogP contribution in [0.1, 0.15) is 17.4 Å². The third-order valence-electron chi connectivity index (χ3n) is 3.01. The van der Waals surface area contributed by atoms with E-state index < -0.39 is 12.0 Å². The van der Waals surface area contributed by atoms with Crippen molar-refractivity contribution in [1.29, 1.82) is 0 Å². The number of carbonyl (C=O) groups is 2. The number of hydrogen-bond donors (Lipinski definition) is 1. The van der Waals surface area contributed by atoms with Crippen molar-refractivity contribution in [3.8, 4) is 0 Å². The van der Waals surface area contributed by atoms with E-state index in [1.165, 1.54) is 17.3 Å². The minimum absolute atomic E-state index is 0.253. The van der Waals surface area contributed by atoms with Crippen LogP contribution in [0.4, 0.5) is 10.5 Å². The first-order valence-corrected chi connectivity index (χ1v) is 6.21. The van der Waals surface area contributed by atoms with Gasteiger partial charge in [-0.1, -0.05) is 18.2 Å². The highest BCUT2D eigenvalue weighted by atomic mass is 16.5. The van der Waals surface area contributed by atoms with Gasteiger partial charge in [0, 0.05) is 23.3 Å². The zero-order chi connectivity index (χ0) is 14.1. The summed E-state index contributed by atoms with van der Waals surface area (Å²) < 4.78 is 5.03. The van der Waals surface area contributed by atoms with Gasteiger partial charge in [0.05, 0.1) is 12.3 Å². The van der Waals surface area contributed by atoms with E-state index in [4.69, 9.17) is 4.74 Å². The number of H-pyrrole nitrogens is 1. The van der Waals surface area contributed by atoms with E-state index in [1.807, 2.05) is 24.3 Å². The molecule has 1 N–H and O–H groups in total. The van der Waals surface area contributed by atoms with Crippen molar-refractivity contribution in [2.75, 3.05) is 11.5 Å². The van der Waals surface area contributed by atoms with Crippen LogP contribution in [0.15, 0.2) is 36.7 Å². The molecule has 6 heteroatoms. The number of aromatic nitrogens is 1. The Morgan fingerprint density at radius 3 is 2.90 bits per heavy atom. The summed E-state index contributed by atoms with van der Waals surface area (Å²) in [5.41, 5.74) is 1.49. The van der Waals surface area contributed by atoms with Gasteiger partial charge in [-0.15, -0.1) is 0 Å². The highest BCUT2D eigenvalue weighted by molar-refractivity contribution is 6.13. The SMILES string of the molecule is CCOC(=O)c1[nH]c2ccccc2c1N1C=C[N]C1=O. The molecule has 0 bridgehead atoms. The zero-order valence-electron chi connectivity index (χ0n) is 10.8. The number of hydrogen-bond acceptors (Lipinski definition) is 3. The van der Waals surface area contributed by atoms with Gasteiger partial charge in [0.2, 0.25) is 0 Å². The topological polar surface area (TPSA) is 76.5 Å². The molecule has 6 nitrogen and oxygen atoms in total. The Hall–Kier alpha value is -2.76. The van der Waals surface area contributed by atoms with Crippen molar-refractivity contribution in [3.63, 3.8) is 0 Å². The molecule has 3 rings (SSSR count). The van der Waals surface area contributed by atoms with Gasteiger partial charge in [-0.2, -0.15) is 5.32 Å². The summed E-state index contributed by atoms with van der Waals surface area (Å²) in [7, 11) is 0. The normalized spacial score (nSPS) is 13.8. The second-order valence-corrected chi connectivity index (χ2v) is 4.19. The summed E-state index contributed by atoms with van der Waals surface area (Å²) in [5, 5.41) is 4.44. The summed E-state index contributed by atoms with van der Waals surface area (Å²) in [6.07, 6.45) is 2.93. The molecule has 0 spiro atoms. The molecule has 0 saturated heterocycles. The fourth-order valence-electron chi connectivity index (χ4n) is 2.19. The van der Waals surface area contributed by atoms with Crippen molar-refractivity contribution >= 4 is 28.6 Å². The van der Waals surface area contributed by atoms with Crippen LogP contribution in [0.2, 0.25) is 0 Å². The Labute approximate surface area is 115 Å². The van der Waals surface area contributed by atoms with Crippen LogP contribution >= 0.6 is 0 Å². The Bertz CT molecular complexity index is 718. The van der Waals surface area contributed by atoms with Crippen LogP contribution < -0.4 is 10.2 Å². The molecule has 101 valence electrons. The highest BCUT2D eigenvalue weighted by Gasteiger charge is 2.28. The first kappa shape index (κ1) is 12.3. The van der Waals surface area contributed by atoms with E-state index in [0.29, 0.717) is 5.69 Å². The lowest BCUT2D eigenvalue weighted by Gasteiger charge is -2.13. The number of benzene rings is 1. The highest BCUT2D eigenvalue weighted by Crippen LogP contribution is 2.33. The Morgan fingerprint density at radius 1 is 1.40 bits per heavy atom. The fraction of sp³-hybridized carbons (Fsp3) is 0.143. The van der Waals surface area contributed by atoms with Gasteiger partial charge < -0.3 is 9.72 Å². The third kappa shape index (κ3) is 1.82. The number of esters is 1. The zero-order valence-corrected chi connectivity index (χ0v) is 10.8. The molecule has 1 aromatic carbocycles. The van der Waals surface area contributed by atoms with Gasteiger partial charge in [0.1, 0.15) is 0 Å². The summed E-state index contributed by atoms with van der Waals surface area (Å²) in [6.45, 7) is 2.00. The molecule has 1 aliphatic rings. The first-order valence-electron chi connectivity index (χ1n) is 6.21. The number of aromatic amines is 1. The monoisotopic (exact) mass is 270 g/mol. The lowest BCUT2D eigenvalue weighted by atomic mass is 10.2. The van der Waals surface area contributed by atoms with Gasteiger partial charge in [-0.3, -0.25) is 4.90 Å². The van der Waals surface area contributed by atoms with Gasteiger partial charge in [-0.05, 0) is 13.0 Å². The second-order valence-electron chi connectivity index (χ2n) is 4.19. The number of rotatable bonds is 3. The number of carbonyl (C=O) groups excluding carboxylic acids is 2. The number of fused-ring (bicyclic) bond motifs is 1.